The molecule has 1 atom stereocenters. The number of rotatable bonds is 5. The number of aliphatic imine (C=N–C) groups is 1. The summed E-state index contributed by atoms with van der Waals surface area (Å²) >= 11 is 0. The van der Waals surface area contributed by atoms with Crippen LogP contribution in [0.25, 0.3) is 0 Å². The molecule has 0 bridgehead atoms. The molecule has 2 fully saturated rings. The molecule has 1 aromatic carbocycles. The summed E-state index contributed by atoms with van der Waals surface area (Å²) in [6.45, 7) is 8.09. The van der Waals surface area contributed by atoms with Crippen LogP contribution in [0.2, 0.25) is 0 Å². The van der Waals surface area contributed by atoms with Gasteiger partial charge in [-0.05, 0) is 51.3 Å². The SMILES string of the molecule is CCNC(=NCc1cccc(NC(=O)C2CCCO2)c1)N1CCS(=O)(=O)C(C)(C)C1.I. The Hall–Kier alpha value is -1.40. The van der Waals surface area contributed by atoms with Gasteiger partial charge in [0.1, 0.15) is 6.10 Å². The predicted octanol–water partition coefficient (Wildman–Crippen LogP) is 2.40. The molecule has 174 valence electrons. The number of guanidine groups is 1. The van der Waals surface area contributed by atoms with Crippen molar-refractivity contribution >= 4 is 51.4 Å². The van der Waals surface area contributed by atoms with Crippen LogP contribution >= 0.6 is 24.0 Å². The maximum Gasteiger partial charge on any atom is 0.253 e. The summed E-state index contributed by atoms with van der Waals surface area (Å²) in [5.74, 6) is 0.711. The third kappa shape index (κ3) is 6.55. The van der Waals surface area contributed by atoms with Crippen molar-refractivity contribution in [3.63, 3.8) is 0 Å². The van der Waals surface area contributed by atoms with Gasteiger partial charge in [0.05, 0.1) is 17.0 Å². The van der Waals surface area contributed by atoms with E-state index in [-0.39, 0.29) is 41.7 Å². The van der Waals surface area contributed by atoms with Gasteiger partial charge >= 0.3 is 0 Å². The number of hydrogen-bond donors (Lipinski definition) is 2. The molecule has 2 saturated heterocycles. The van der Waals surface area contributed by atoms with Crippen molar-refractivity contribution in [3.05, 3.63) is 29.8 Å². The Kier molecular flexibility index (Phi) is 9.14. The molecule has 1 amide bonds. The van der Waals surface area contributed by atoms with Crippen LogP contribution in [0.4, 0.5) is 5.69 Å². The highest BCUT2D eigenvalue weighted by molar-refractivity contribution is 14.0. The summed E-state index contributed by atoms with van der Waals surface area (Å²) < 4.78 is 29.2. The molecule has 3 rings (SSSR count). The molecule has 0 aromatic heterocycles. The topological polar surface area (TPSA) is 100 Å². The van der Waals surface area contributed by atoms with Gasteiger partial charge in [0.15, 0.2) is 15.8 Å². The maximum absolute atomic E-state index is 12.3. The van der Waals surface area contributed by atoms with E-state index in [2.05, 4.69) is 10.6 Å². The van der Waals surface area contributed by atoms with Gasteiger partial charge in [-0.3, -0.25) is 4.79 Å². The number of anilines is 1. The lowest BCUT2D eigenvalue weighted by atomic mass is 10.2. The Balaban J connectivity index is 0.00000341. The Labute approximate surface area is 202 Å². The second kappa shape index (κ2) is 11.0. The minimum atomic E-state index is -3.11. The van der Waals surface area contributed by atoms with Gasteiger partial charge in [0, 0.05) is 31.9 Å². The van der Waals surface area contributed by atoms with Crippen LogP contribution in [0.5, 0.6) is 0 Å². The molecule has 2 aliphatic heterocycles. The zero-order valence-electron chi connectivity index (χ0n) is 18.4. The Morgan fingerprint density at radius 3 is 2.77 bits per heavy atom. The van der Waals surface area contributed by atoms with Crippen LogP contribution in [0.1, 0.15) is 39.2 Å². The number of ether oxygens (including phenoxy) is 1. The third-order valence-electron chi connectivity index (χ3n) is 5.51. The molecule has 2 N–H and O–H groups in total. The number of benzene rings is 1. The Morgan fingerprint density at radius 2 is 2.13 bits per heavy atom. The number of amides is 1. The molecular formula is C21H33IN4O4S. The third-order valence-corrected chi connectivity index (χ3v) is 8.04. The van der Waals surface area contributed by atoms with E-state index in [0.717, 1.165) is 24.1 Å². The molecule has 2 heterocycles. The molecular weight excluding hydrogens is 531 g/mol. The van der Waals surface area contributed by atoms with Crippen LogP contribution in [-0.2, 0) is 25.9 Å². The normalized spacial score (nSPS) is 22.5. The average molecular weight is 564 g/mol. The zero-order chi connectivity index (χ0) is 21.8. The molecule has 10 heteroatoms. The van der Waals surface area contributed by atoms with E-state index < -0.39 is 14.6 Å². The van der Waals surface area contributed by atoms with E-state index in [0.29, 0.717) is 38.7 Å². The molecule has 1 unspecified atom stereocenters. The fourth-order valence-electron chi connectivity index (χ4n) is 3.67. The van der Waals surface area contributed by atoms with E-state index in [1.165, 1.54) is 0 Å². The van der Waals surface area contributed by atoms with E-state index in [1.807, 2.05) is 36.1 Å². The highest BCUT2D eigenvalue weighted by atomic mass is 127. The number of sulfone groups is 1. The molecule has 31 heavy (non-hydrogen) atoms. The van der Waals surface area contributed by atoms with E-state index in [9.17, 15) is 13.2 Å². The lowest BCUT2D eigenvalue weighted by molar-refractivity contribution is -0.124. The van der Waals surface area contributed by atoms with E-state index >= 15 is 0 Å². The number of carbonyl (C=O) groups excluding carboxylic acids is 1. The van der Waals surface area contributed by atoms with Crippen molar-refractivity contribution in [1.82, 2.24) is 10.2 Å². The summed E-state index contributed by atoms with van der Waals surface area (Å²) in [4.78, 5) is 19.0. The van der Waals surface area contributed by atoms with Gasteiger partial charge in [-0.2, -0.15) is 0 Å². The van der Waals surface area contributed by atoms with Crippen LogP contribution in [0.15, 0.2) is 29.3 Å². The fourth-order valence-corrected chi connectivity index (χ4v) is 5.04. The summed E-state index contributed by atoms with van der Waals surface area (Å²) in [7, 11) is -3.11. The van der Waals surface area contributed by atoms with Crippen LogP contribution in [-0.4, -0.2) is 68.0 Å². The molecule has 1 aromatic rings. The first kappa shape index (κ1) is 25.9. The number of nitrogens with zero attached hydrogens (tertiary/aromatic N) is 2. The summed E-state index contributed by atoms with van der Waals surface area (Å²) in [6, 6.07) is 7.60. The predicted molar refractivity (Wildman–Crippen MR) is 134 cm³/mol. The van der Waals surface area contributed by atoms with Crippen molar-refractivity contribution in [1.29, 1.82) is 0 Å². The fraction of sp³-hybridized carbons (Fsp3) is 0.619. The summed E-state index contributed by atoms with van der Waals surface area (Å²) in [5, 5.41) is 6.18. The van der Waals surface area contributed by atoms with Crippen molar-refractivity contribution in [2.24, 2.45) is 4.99 Å². The molecule has 0 aliphatic carbocycles. The second-order valence-corrected chi connectivity index (χ2v) is 11.1. The lowest BCUT2D eigenvalue weighted by Gasteiger charge is -2.39. The second-order valence-electron chi connectivity index (χ2n) is 8.36. The first-order chi connectivity index (χ1) is 14.2. The standard InChI is InChI=1S/C21H32N4O4S.HI/c1-4-22-20(25-10-12-30(27,28)21(2,3)15-25)23-14-16-7-5-8-17(13-16)24-19(26)18-9-6-11-29-18;/h5,7-8,13,18H,4,6,9-12,14-15H2,1-3H3,(H,22,23)(H,24,26);1H. The zero-order valence-corrected chi connectivity index (χ0v) is 21.5. The first-order valence-electron chi connectivity index (χ1n) is 10.5. The number of hydrogen-bond acceptors (Lipinski definition) is 5. The monoisotopic (exact) mass is 564 g/mol. The summed E-state index contributed by atoms with van der Waals surface area (Å²) in [6.07, 6.45) is 1.30. The van der Waals surface area contributed by atoms with Gasteiger partial charge in [0.2, 0.25) is 0 Å². The van der Waals surface area contributed by atoms with Crippen molar-refractivity contribution in [2.75, 3.05) is 37.3 Å². The van der Waals surface area contributed by atoms with Gasteiger partial charge in [0.25, 0.3) is 5.91 Å². The number of carbonyl (C=O) groups is 1. The smallest absolute Gasteiger partial charge is 0.253 e. The Morgan fingerprint density at radius 1 is 1.35 bits per heavy atom. The molecule has 2 aliphatic rings. The Bertz CT molecular complexity index is 898. The highest BCUT2D eigenvalue weighted by Gasteiger charge is 2.40. The maximum atomic E-state index is 12.3. The van der Waals surface area contributed by atoms with Gasteiger partial charge in [-0.1, -0.05) is 12.1 Å². The van der Waals surface area contributed by atoms with Crippen LogP contribution < -0.4 is 10.6 Å². The quantitative estimate of drug-likeness (QED) is 0.324. The molecule has 8 nitrogen and oxygen atoms in total. The van der Waals surface area contributed by atoms with Crippen LogP contribution in [0.3, 0.4) is 0 Å². The molecule has 0 saturated carbocycles. The highest BCUT2D eigenvalue weighted by Crippen LogP contribution is 2.24. The minimum absolute atomic E-state index is 0. The van der Waals surface area contributed by atoms with E-state index in [4.69, 9.17) is 9.73 Å². The summed E-state index contributed by atoms with van der Waals surface area (Å²) in [5.41, 5.74) is 1.68. The van der Waals surface area contributed by atoms with Gasteiger partial charge in [-0.15, -0.1) is 24.0 Å². The minimum Gasteiger partial charge on any atom is -0.368 e. The van der Waals surface area contributed by atoms with Crippen LogP contribution in [0, 0.1) is 0 Å². The first-order valence-corrected chi connectivity index (χ1v) is 12.1. The largest absolute Gasteiger partial charge is 0.368 e. The van der Waals surface area contributed by atoms with Gasteiger partial charge in [-0.25, -0.2) is 13.4 Å². The lowest BCUT2D eigenvalue weighted by Crippen LogP contribution is -2.57. The van der Waals surface area contributed by atoms with Gasteiger partial charge < -0.3 is 20.3 Å². The average Bonchev–Trinajstić information content (AvgIpc) is 3.23. The van der Waals surface area contributed by atoms with Crippen molar-refractivity contribution in [2.45, 2.75) is 51.0 Å². The number of halogens is 1. The van der Waals surface area contributed by atoms with E-state index in [1.54, 1.807) is 13.8 Å². The molecule has 0 radical (unpaired) electrons. The van der Waals surface area contributed by atoms with Crippen molar-refractivity contribution < 1.29 is 17.9 Å². The molecule has 0 spiro atoms. The number of nitrogens with one attached hydrogen (secondary N) is 2. The van der Waals surface area contributed by atoms with Crippen molar-refractivity contribution in [3.8, 4) is 0 Å².